The van der Waals surface area contributed by atoms with Gasteiger partial charge in [0, 0.05) is 31.3 Å². The maximum atomic E-state index is 13.4. The van der Waals surface area contributed by atoms with E-state index in [1.807, 2.05) is 30.3 Å². The van der Waals surface area contributed by atoms with Crippen molar-refractivity contribution in [1.82, 2.24) is 5.32 Å². The predicted octanol–water partition coefficient (Wildman–Crippen LogP) is 4.25. The van der Waals surface area contributed by atoms with Gasteiger partial charge in [0.05, 0.1) is 24.2 Å². The average Bonchev–Trinajstić information content (AvgIpc) is 3.17. The first-order valence-corrected chi connectivity index (χ1v) is 10.1. The van der Waals surface area contributed by atoms with Crippen molar-refractivity contribution in [3.8, 4) is 0 Å². The number of furan rings is 1. The summed E-state index contributed by atoms with van der Waals surface area (Å²) in [7, 11) is 1.59. The van der Waals surface area contributed by atoms with Crippen molar-refractivity contribution < 1.29 is 18.7 Å². The predicted molar refractivity (Wildman–Crippen MR) is 114 cm³/mol. The molecular weight excluding hydrogens is 382 g/mol. The molecule has 4 rings (SSSR count). The number of amides is 2. The van der Waals surface area contributed by atoms with Crippen molar-refractivity contribution in [1.29, 1.82) is 0 Å². The highest BCUT2D eigenvalue weighted by molar-refractivity contribution is 6.05. The molecule has 1 aromatic heterocycles. The Kier molecular flexibility index (Phi) is 5.39. The molecule has 1 aliphatic carbocycles. The second kappa shape index (κ2) is 7.99. The van der Waals surface area contributed by atoms with Gasteiger partial charge in [0.2, 0.25) is 0 Å². The molecule has 2 amide bonds. The Morgan fingerprint density at radius 1 is 1.27 bits per heavy atom. The van der Waals surface area contributed by atoms with Crippen molar-refractivity contribution >= 4 is 23.2 Å². The van der Waals surface area contributed by atoms with E-state index < -0.39 is 6.04 Å². The lowest BCUT2D eigenvalue weighted by atomic mass is 9.74. The Balaban J connectivity index is 1.89. The van der Waals surface area contributed by atoms with Gasteiger partial charge in [-0.15, -0.1) is 0 Å². The summed E-state index contributed by atoms with van der Waals surface area (Å²) < 4.78 is 10.8. The standard InChI is InChI=1S/C23H27N3O4/c1-23(2)13-16-20(18(27)14-23)21(19-9-6-11-30-19)26(22(28)24-10-12-29-3)17-8-5-4-7-15(17)25-16/h4-9,11,21,25H,10,12-14H2,1-3H3,(H,24,28)/t21-/m0/s1. The van der Waals surface area contributed by atoms with Gasteiger partial charge in [0.1, 0.15) is 11.8 Å². The van der Waals surface area contributed by atoms with Gasteiger partial charge >= 0.3 is 6.03 Å². The molecule has 0 fully saturated rings. The highest BCUT2D eigenvalue weighted by Crippen LogP contribution is 2.48. The molecule has 0 unspecified atom stereocenters. The number of urea groups is 1. The van der Waals surface area contributed by atoms with E-state index in [9.17, 15) is 9.59 Å². The minimum Gasteiger partial charge on any atom is -0.467 e. The van der Waals surface area contributed by atoms with E-state index in [-0.39, 0.29) is 17.2 Å². The number of rotatable bonds is 4. The number of benzene rings is 1. The normalized spacial score (nSPS) is 20.2. The number of ketones is 1. The molecule has 0 saturated heterocycles. The van der Waals surface area contributed by atoms with Gasteiger partial charge in [-0.25, -0.2) is 4.79 Å². The molecule has 2 heterocycles. The zero-order valence-corrected chi connectivity index (χ0v) is 17.5. The molecule has 0 bridgehead atoms. The van der Waals surface area contributed by atoms with Gasteiger partial charge in [0.25, 0.3) is 0 Å². The number of anilines is 2. The molecule has 7 heteroatoms. The number of nitrogens with zero attached hydrogens (tertiary/aromatic N) is 1. The average molecular weight is 409 g/mol. The molecule has 2 aromatic rings. The number of carbonyl (C=O) groups excluding carboxylic acids is 2. The lowest BCUT2D eigenvalue weighted by Gasteiger charge is -2.36. The van der Waals surface area contributed by atoms with Crippen LogP contribution in [0.1, 0.15) is 38.5 Å². The van der Waals surface area contributed by atoms with Crippen LogP contribution in [0.15, 0.2) is 58.3 Å². The van der Waals surface area contributed by atoms with Gasteiger partial charge in [-0.2, -0.15) is 0 Å². The largest absolute Gasteiger partial charge is 0.467 e. The number of Topliss-reactive ketones (excluding diaryl/α,β-unsaturated/α-hetero) is 1. The van der Waals surface area contributed by atoms with E-state index in [1.54, 1.807) is 24.3 Å². The van der Waals surface area contributed by atoms with Crippen molar-refractivity contribution in [3.05, 3.63) is 59.7 Å². The van der Waals surface area contributed by atoms with Crippen LogP contribution in [0.5, 0.6) is 0 Å². The number of fused-ring (bicyclic) bond motifs is 1. The van der Waals surface area contributed by atoms with Gasteiger partial charge in [-0.3, -0.25) is 9.69 Å². The summed E-state index contributed by atoms with van der Waals surface area (Å²) in [5, 5.41) is 6.36. The number of para-hydroxylation sites is 2. The SMILES string of the molecule is COCCNC(=O)N1c2ccccc2NC2=C(C(=O)CC(C)(C)C2)[C@@H]1c1ccco1. The number of nitrogens with one attached hydrogen (secondary N) is 2. The molecular formula is C23H27N3O4. The van der Waals surface area contributed by atoms with E-state index in [2.05, 4.69) is 24.5 Å². The van der Waals surface area contributed by atoms with E-state index >= 15 is 0 Å². The number of hydrogen-bond acceptors (Lipinski definition) is 5. The fourth-order valence-corrected chi connectivity index (χ4v) is 4.27. The van der Waals surface area contributed by atoms with Crippen LogP contribution in [0.2, 0.25) is 0 Å². The summed E-state index contributed by atoms with van der Waals surface area (Å²) in [6, 6.07) is 10.2. The Hall–Kier alpha value is -3.06. The molecule has 0 radical (unpaired) electrons. The number of carbonyl (C=O) groups is 2. The van der Waals surface area contributed by atoms with Crippen molar-refractivity contribution in [2.45, 2.75) is 32.7 Å². The summed E-state index contributed by atoms with van der Waals surface area (Å²) in [5.74, 6) is 0.577. The minimum absolute atomic E-state index is 0.0256. The Bertz CT molecular complexity index is 978. The third-order valence-electron chi connectivity index (χ3n) is 5.51. The molecule has 30 heavy (non-hydrogen) atoms. The monoisotopic (exact) mass is 409 g/mol. The van der Waals surface area contributed by atoms with E-state index in [4.69, 9.17) is 9.15 Å². The molecule has 2 aliphatic rings. The van der Waals surface area contributed by atoms with Gasteiger partial charge in [-0.1, -0.05) is 26.0 Å². The molecule has 158 valence electrons. The van der Waals surface area contributed by atoms with Crippen LogP contribution >= 0.6 is 0 Å². The number of hydrogen-bond donors (Lipinski definition) is 2. The first-order valence-electron chi connectivity index (χ1n) is 10.1. The van der Waals surface area contributed by atoms with Crippen molar-refractivity contribution in [2.24, 2.45) is 5.41 Å². The van der Waals surface area contributed by atoms with Crippen LogP contribution in [-0.2, 0) is 9.53 Å². The molecule has 0 saturated carbocycles. The summed E-state index contributed by atoms with van der Waals surface area (Å²) >= 11 is 0. The Morgan fingerprint density at radius 3 is 2.80 bits per heavy atom. The summed E-state index contributed by atoms with van der Waals surface area (Å²) in [5.41, 5.74) is 2.74. The van der Waals surface area contributed by atoms with Crippen molar-refractivity contribution in [3.63, 3.8) is 0 Å². The fraction of sp³-hybridized carbons (Fsp3) is 0.391. The molecule has 7 nitrogen and oxygen atoms in total. The maximum Gasteiger partial charge on any atom is 0.322 e. The molecule has 0 spiro atoms. The first-order chi connectivity index (χ1) is 14.4. The van der Waals surface area contributed by atoms with Gasteiger partial charge in [0.15, 0.2) is 5.78 Å². The van der Waals surface area contributed by atoms with Crippen LogP contribution in [-0.4, -0.2) is 32.1 Å². The summed E-state index contributed by atoms with van der Waals surface area (Å²) in [4.78, 5) is 28.3. The van der Waals surface area contributed by atoms with Gasteiger partial charge in [-0.05, 0) is 36.1 Å². The lowest BCUT2D eigenvalue weighted by molar-refractivity contribution is -0.118. The third-order valence-corrected chi connectivity index (χ3v) is 5.51. The highest BCUT2D eigenvalue weighted by atomic mass is 16.5. The number of ether oxygens (including phenoxy) is 1. The van der Waals surface area contributed by atoms with Crippen molar-refractivity contribution in [2.75, 3.05) is 30.5 Å². The second-order valence-electron chi connectivity index (χ2n) is 8.49. The lowest BCUT2D eigenvalue weighted by Crippen LogP contribution is -2.45. The Morgan fingerprint density at radius 2 is 2.07 bits per heavy atom. The van der Waals surface area contributed by atoms with E-state index in [1.165, 1.54) is 0 Å². The van der Waals surface area contributed by atoms with E-state index in [0.29, 0.717) is 43.0 Å². The van der Waals surface area contributed by atoms with Crippen LogP contribution < -0.4 is 15.5 Å². The fourth-order valence-electron chi connectivity index (χ4n) is 4.27. The highest BCUT2D eigenvalue weighted by Gasteiger charge is 2.44. The first kappa shape index (κ1) is 20.2. The van der Waals surface area contributed by atoms with E-state index in [0.717, 1.165) is 11.4 Å². The third kappa shape index (κ3) is 3.73. The maximum absolute atomic E-state index is 13.4. The molecule has 1 aliphatic heterocycles. The molecule has 1 aromatic carbocycles. The molecule has 2 N–H and O–H groups in total. The van der Waals surface area contributed by atoms with Crippen LogP contribution in [0.4, 0.5) is 16.2 Å². The van der Waals surface area contributed by atoms with Crippen LogP contribution in [0.3, 0.4) is 0 Å². The number of methoxy groups -OCH3 is 1. The smallest absolute Gasteiger partial charge is 0.322 e. The molecule has 1 atom stereocenters. The topological polar surface area (TPSA) is 83.8 Å². The summed E-state index contributed by atoms with van der Waals surface area (Å²) in [6.07, 6.45) is 2.69. The zero-order chi connectivity index (χ0) is 21.3. The summed E-state index contributed by atoms with van der Waals surface area (Å²) in [6.45, 7) is 4.93. The number of allylic oxidation sites excluding steroid dienone is 1. The quantitative estimate of drug-likeness (QED) is 0.738. The van der Waals surface area contributed by atoms with Crippen LogP contribution in [0.25, 0.3) is 0 Å². The Labute approximate surface area is 176 Å². The zero-order valence-electron chi connectivity index (χ0n) is 17.5. The van der Waals surface area contributed by atoms with Gasteiger partial charge < -0.3 is 19.8 Å². The minimum atomic E-state index is -0.655. The second-order valence-corrected chi connectivity index (χ2v) is 8.49. The van der Waals surface area contributed by atoms with Crippen LogP contribution in [0, 0.1) is 5.41 Å².